The van der Waals surface area contributed by atoms with Gasteiger partial charge in [0.15, 0.2) is 6.23 Å². The van der Waals surface area contributed by atoms with Gasteiger partial charge in [-0.1, -0.05) is 6.08 Å². The predicted molar refractivity (Wildman–Crippen MR) is 53.2 cm³/mol. The molecule has 1 fully saturated rings. The van der Waals surface area contributed by atoms with Crippen LogP contribution in [0.25, 0.3) is 0 Å². The minimum atomic E-state index is -1.05. The summed E-state index contributed by atoms with van der Waals surface area (Å²) in [5.74, 6) is -0.418. The second-order valence-corrected chi connectivity index (χ2v) is 3.81. The Bertz CT molecular complexity index is 316. The number of aliphatic hydroxyl groups excluding tert-OH is 2. The van der Waals surface area contributed by atoms with Crippen molar-refractivity contribution in [3.8, 4) is 0 Å². The number of carbonyl (C=O) groups excluding carboxylic acids is 1. The third kappa shape index (κ3) is 1.73. The summed E-state index contributed by atoms with van der Waals surface area (Å²) in [5.41, 5.74) is 0.629. The molecule has 0 radical (unpaired) electrons. The van der Waals surface area contributed by atoms with Crippen LogP contribution in [0.15, 0.2) is 11.6 Å². The Morgan fingerprint density at radius 1 is 1.69 bits per heavy atom. The average Bonchev–Trinajstić information content (AvgIpc) is 2.84. The standard InChI is InChI=1S/C10H15NO5/c1-15-8-4-7(13)9(14)11(8)10-6(5-12)2-3-16-10/h2,7-8,10,12-13H,3-5H2,1H3/t7-,8-,10?/m0/s1. The summed E-state index contributed by atoms with van der Waals surface area (Å²) < 4.78 is 10.5. The van der Waals surface area contributed by atoms with E-state index in [2.05, 4.69) is 0 Å². The molecule has 2 heterocycles. The van der Waals surface area contributed by atoms with Crippen LogP contribution in [-0.2, 0) is 14.3 Å². The molecule has 2 rings (SSSR count). The molecule has 0 aliphatic carbocycles. The van der Waals surface area contributed by atoms with Gasteiger partial charge in [0.25, 0.3) is 5.91 Å². The summed E-state index contributed by atoms with van der Waals surface area (Å²) in [6.45, 7) is 0.192. The Hall–Kier alpha value is -0.950. The topological polar surface area (TPSA) is 79.2 Å². The highest BCUT2D eigenvalue weighted by atomic mass is 16.5. The second kappa shape index (κ2) is 4.50. The molecule has 1 unspecified atom stereocenters. The summed E-state index contributed by atoms with van der Waals surface area (Å²) >= 11 is 0. The van der Waals surface area contributed by atoms with Gasteiger partial charge in [0.05, 0.1) is 13.2 Å². The molecular weight excluding hydrogens is 214 g/mol. The van der Waals surface area contributed by atoms with Crippen LogP contribution in [-0.4, -0.2) is 59.9 Å². The minimum Gasteiger partial charge on any atom is -0.392 e. The molecule has 2 aliphatic heterocycles. The van der Waals surface area contributed by atoms with Crippen molar-refractivity contribution in [2.45, 2.75) is 25.0 Å². The summed E-state index contributed by atoms with van der Waals surface area (Å²) in [4.78, 5) is 13.1. The summed E-state index contributed by atoms with van der Waals surface area (Å²) in [6, 6.07) is 0. The lowest BCUT2D eigenvalue weighted by atomic mass is 10.2. The van der Waals surface area contributed by atoms with E-state index >= 15 is 0 Å². The van der Waals surface area contributed by atoms with E-state index in [1.807, 2.05) is 0 Å². The molecule has 3 atom stereocenters. The number of methoxy groups -OCH3 is 1. The van der Waals surface area contributed by atoms with Gasteiger partial charge >= 0.3 is 0 Å². The van der Waals surface area contributed by atoms with Crippen LogP contribution in [0.3, 0.4) is 0 Å². The molecule has 0 bridgehead atoms. The van der Waals surface area contributed by atoms with E-state index in [9.17, 15) is 9.90 Å². The van der Waals surface area contributed by atoms with Crippen molar-refractivity contribution in [2.75, 3.05) is 20.3 Å². The van der Waals surface area contributed by atoms with Crippen molar-refractivity contribution in [1.29, 1.82) is 0 Å². The van der Waals surface area contributed by atoms with E-state index < -0.39 is 24.5 Å². The fourth-order valence-electron chi connectivity index (χ4n) is 2.05. The lowest BCUT2D eigenvalue weighted by Crippen LogP contribution is -2.45. The molecule has 0 aromatic rings. The normalized spacial score (nSPS) is 34.7. The fraction of sp³-hybridized carbons (Fsp3) is 0.700. The molecule has 1 saturated heterocycles. The number of hydrogen-bond donors (Lipinski definition) is 2. The van der Waals surface area contributed by atoms with Gasteiger partial charge in [-0.25, -0.2) is 0 Å². The lowest BCUT2D eigenvalue weighted by Gasteiger charge is -2.30. The van der Waals surface area contributed by atoms with Gasteiger partial charge in [-0.3, -0.25) is 9.69 Å². The zero-order chi connectivity index (χ0) is 11.7. The van der Waals surface area contributed by atoms with Crippen molar-refractivity contribution >= 4 is 5.91 Å². The number of ether oxygens (including phenoxy) is 2. The molecular formula is C10H15NO5. The maximum atomic E-state index is 11.7. The van der Waals surface area contributed by atoms with E-state index in [4.69, 9.17) is 14.6 Å². The van der Waals surface area contributed by atoms with Crippen molar-refractivity contribution in [3.05, 3.63) is 11.6 Å². The molecule has 6 heteroatoms. The van der Waals surface area contributed by atoms with Gasteiger partial charge in [0, 0.05) is 19.1 Å². The molecule has 1 amide bonds. The first-order valence-electron chi connectivity index (χ1n) is 5.13. The van der Waals surface area contributed by atoms with Crippen LogP contribution in [0.1, 0.15) is 6.42 Å². The average molecular weight is 229 g/mol. The monoisotopic (exact) mass is 229 g/mol. The number of amides is 1. The molecule has 2 N–H and O–H groups in total. The highest BCUT2D eigenvalue weighted by molar-refractivity contribution is 5.83. The predicted octanol–water partition coefficient (Wildman–Crippen LogP) is -1.17. The molecule has 0 spiro atoms. The summed E-state index contributed by atoms with van der Waals surface area (Å²) in [7, 11) is 1.47. The molecule has 6 nitrogen and oxygen atoms in total. The smallest absolute Gasteiger partial charge is 0.255 e. The summed E-state index contributed by atoms with van der Waals surface area (Å²) in [6.07, 6.45) is -0.197. The number of aliphatic hydroxyl groups is 2. The van der Waals surface area contributed by atoms with Crippen LogP contribution in [0.5, 0.6) is 0 Å². The van der Waals surface area contributed by atoms with E-state index in [1.165, 1.54) is 12.0 Å². The molecule has 0 saturated carbocycles. The van der Waals surface area contributed by atoms with Crippen LogP contribution >= 0.6 is 0 Å². The third-order valence-corrected chi connectivity index (χ3v) is 2.90. The van der Waals surface area contributed by atoms with Gasteiger partial charge in [-0.15, -0.1) is 0 Å². The fourth-order valence-corrected chi connectivity index (χ4v) is 2.05. The number of likely N-dealkylation sites (tertiary alicyclic amines) is 1. The van der Waals surface area contributed by atoms with E-state index in [0.29, 0.717) is 12.2 Å². The third-order valence-electron chi connectivity index (χ3n) is 2.90. The van der Waals surface area contributed by atoms with Gasteiger partial charge in [-0.2, -0.15) is 0 Å². The van der Waals surface area contributed by atoms with Crippen molar-refractivity contribution < 1.29 is 24.5 Å². The van der Waals surface area contributed by atoms with Crippen molar-refractivity contribution in [2.24, 2.45) is 0 Å². The molecule has 16 heavy (non-hydrogen) atoms. The quantitative estimate of drug-likeness (QED) is 0.596. The van der Waals surface area contributed by atoms with Gasteiger partial charge in [-0.05, 0) is 0 Å². The number of rotatable bonds is 3. The molecule has 0 aromatic heterocycles. The SMILES string of the molecule is CO[C@H]1C[C@H](O)C(=O)N1C1OCC=C1CO. The maximum Gasteiger partial charge on any atom is 0.255 e. The zero-order valence-corrected chi connectivity index (χ0v) is 9.00. The van der Waals surface area contributed by atoms with Crippen LogP contribution in [0, 0.1) is 0 Å². The van der Waals surface area contributed by atoms with E-state index in [-0.39, 0.29) is 13.0 Å². The Kier molecular flexibility index (Phi) is 3.25. The Morgan fingerprint density at radius 3 is 3.06 bits per heavy atom. The zero-order valence-electron chi connectivity index (χ0n) is 9.00. The Morgan fingerprint density at radius 2 is 2.44 bits per heavy atom. The van der Waals surface area contributed by atoms with Crippen LogP contribution in [0.2, 0.25) is 0 Å². The maximum absolute atomic E-state index is 11.7. The van der Waals surface area contributed by atoms with Gasteiger partial charge < -0.3 is 19.7 Å². The van der Waals surface area contributed by atoms with E-state index in [0.717, 1.165) is 0 Å². The van der Waals surface area contributed by atoms with Crippen LogP contribution in [0.4, 0.5) is 0 Å². The molecule has 0 aromatic carbocycles. The lowest BCUT2D eigenvalue weighted by molar-refractivity contribution is -0.154. The first-order chi connectivity index (χ1) is 7.69. The summed E-state index contributed by atoms with van der Waals surface area (Å²) in [5, 5.41) is 18.6. The number of nitrogens with zero attached hydrogens (tertiary/aromatic N) is 1. The van der Waals surface area contributed by atoms with Gasteiger partial charge in [0.1, 0.15) is 12.3 Å². The number of hydrogen-bond acceptors (Lipinski definition) is 5. The second-order valence-electron chi connectivity index (χ2n) is 3.81. The Balaban J connectivity index is 2.18. The largest absolute Gasteiger partial charge is 0.392 e. The first-order valence-corrected chi connectivity index (χ1v) is 5.13. The molecule has 2 aliphatic rings. The van der Waals surface area contributed by atoms with Gasteiger partial charge in [0.2, 0.25) is 0 Å². The van der Waals surface area contributed by atoms with E-state index in [1.54, 1.807) is 6.08 Å². The first kappa shape index (κ1) is 11.5. The molecule has 90 valence electrons. The highest BCUT2D eigenvalue weighted by Crippen LogP contribution is 2.28. The minimum absolute atomic E-state index is 0.166. The number of carbonyl (C=O) groups is 1. The van der Waals surface area contributed by atoms with Crippen LogP contribution < -0.4 is 0 Å². The highest BCUT2D eigenvalue weighted by Gasteiger charge is 2.44. The van der Waals surface area contributed by atoms with Crippen molar-refractivity contribution in [3.63, 3.8) is 0 Å². The Labute approximate surface area is 93.1 Å². The van der Waals surface area contributed by atoms with Crippen molar-refractivity contribution in [1.82, 2.24) is 4.90 Å².